The van der Waals surface area contributed by atoms with E-state index in [4.69, 9.17) is 11.6 Å². The van der Waals surface area contributed by atoms with Crippen molar-refractivity contribution in [3.05, 3.63) is 40.3 Å². The number of carbonyl (C=O) groups is 1. The Labute approximate surface area is 132 Å². The van der Waals surface area contributed by atoms with Crippen molar-refractivity contribution in [1.29, 1.82) is 0 Å². The predicted molar refractivity (Wildman–Crippen MR) is 82.7 cm³/mol. The van der Waals surface area contributed by atoms with Crippen LogP contribution >= 0.6 is 23.4 Å². The molecule has 2 rings (SSSR count). The second-order valence-corrected chi connectivity index (χ2v) is 8.57. The van der Waals surface area contributed by atoms with Crippen LogP contribution in [0, 0.1) is 0 Å². The first-order chi connectivity index (χ1) is 9.68. The van der Waals surface area contributed by atoms with Gasteiger partial charge in [0.25, 0.3) is 0 Å². The van der Waals surface area contributed by atoms with E-state index >= 15 is 0 Å². The van der Waals surface area contributed by atoms with Crippen molar-refractivity contribution < 1.29 is 18.3 Å². The zero-order valence-corrected chi connectivity index (χ0v) is 13.7. The summed E-state index contributed by atoms with van der Waals surface area (Å²) in [5.41, 5.74) is 0. The summed E-state index contributed by atoms with van der Waals surface area (Å²) in [6.07, 6.45) is 0. The highest BCUT2D eigenvalue weighted by molar-refractivity contribution is 8.05. The van der Waals surface area contributed by atoms with Gasteiger partial charge < -0.3 is 5.11 Å². The smallest absolute Gasteiger partial charge is 0.321 e. The maximum absolute atomic E-state index is 12.4. The Hall–Kier alpha value is -1.02. The average Bonchev–Trinajstić information content (AvgIpc) is 2.64. The predicted octanol–water partition coefficient (Wildman–Crippen LogP) is 2.39. The van der Waals surface area contributed by atoms with Gasteiger partial charge in [-0.05, 0) is 30.9 Å². The molecule has 0 saturated carbocycles. The lowest BCUT2D eigenvalue weighted by atomic mass is 10.0. The molecular weight excluding hydrogens is 334 g/mol. The molecule has 114 valence electrons. The lowest BCUT2D eigenvalue weighted by Gasteiger charge is -2.27. The van der Waals surface area contributed by atoms with Crippen molar-refractivity contribution in [2.45, 2.75) is 29.5 Å². The van der Waals surface area contributed by atoms with E-state index in [1.807, 2.05) is 0 Å². The number of carboxylic acid groups (broad SMARTS) is 1. The third-order valence-electron chi connectivity index (χ3n) is 3.26. The van der Waals surface area contributed by atoms with Crippen LogP contribution in [0.25, 0.3) is 0 Å². The normalized spacial score (nSPS) is 26.1. The molecule has 0 saturated heterocycles. The highest BCUT2D eigenvalue weighted by atomic mass is 35.5. The number of rotatable bonds is 4. The molecular formula is C13H14ClNO4S2. The Morgan fingerprint density at radius 1 is 1.38 bits per heavy atom. The Morgan fingerprint density at radius 2 is 1.95 bits per heavy atom. The summed E-state index contributed by atoms with van der Waals surface area (Å²) < 4.78 is 25.7. The van der Waals surface area contributed by atoms with Crippen LogP contribution in [0.5, 0.6) is 0 Å². The maximum atomic E-state index is 12.4. The number of sulfonamides is 1. The second kappa shape index (κ2) is 5.64. The third kappa shape index (κ3) is 2.96. The zero-order valence-electron chi connectivity index (χ0n) is 11.3. The number of hydrogen-bond acceptors (Lipinski definition) is 4. The van der Waals surface area contributed by atoms with E-state index in [0.717, 1.165) is 11.8 Å². The number of thioether (sulfide) groups is 1. The van der Waals surface area contributed by atoms with E-state index in [1.165, 1.54) is 19.1 Å². The molecule has 0 spiro atoms. The van der Waals surface area contributed by atoms with Crippen LogP contribution in [-0.4, -0.2) is 30.3 Å². The molecule has 0 bridgehead atoms. The highest BCUT2D eigenvalue weighted by Crippen LogP contribution is 2.48. The largest absolute Gasteiger partial charge is 0.480 e. The molecule has 5 nitrogen and oxygen atoms in total. The quantitative estimate of drug-likeness (QED) is 0.873. The Bertz CT molecular complexity index is 702. The molecule has 1 aromatic carbocycles. The highest BCUT2D eigenvalue weighted by Gasteiger charge is 2.51. The van der Waals surface area contributed by atoms with Gasteiger partial charge in [-0.25, -0.2) is 13.1 Å². The number of hydrogen-bond donors (Lipinski definition) is 2. The third-order valence-corrected chi connectivity index (χ3v) is 6.67. The zero-order chi connectivity index (χ0) is 15.8. The minimum absolute atomic E-state index is 0.0664. The van der Waals surface area contributed by atoms with E-state index < -0.39 is 26.8 Å². The number of nitrogens with one attached hydrogen (secondary N) is 1. The summed E-state index contributed by atoms with van der Waals surface area (Å²) in [5.74, 6) is -1.12. The van der Waals surface area contributed by atoms with Gasteiger partial charge in [-0.3, -0.25) is 4.79 Å². The number of aliphatic carboxylic acids is 1. The van der Waals surface area contributed by atoms with Crippen molar-refractivity contribution >= 4 is 39.4 Å². The molecule has 2 unspecified atom stereocenters. The van der Waals surface area contributed by atoms with Crippen molar-refractivity contribution in [2.75, 3.05) is 0 Å². The fourth-order valence-electron chi connectivity index (χ4n) is 2.02. The summed E-state index contributed by atoms with van der Waals surface area (Å²) in [4.78, 5) is 12.2. The van der Waals surface area contributed by atoms with Gasteiger partial charge in [0.15, 0.2) is 0 Å². The first-order valence-electron chi connectivity index (χ1n) is 6.04. The summed E-state index contributed by atoms with van der Waals surface area (Å²) in [6, 6.07) is 6.75. The summed E-state index contributed by atoms with van der Waals surface area (Å²) in [5, 5.41) is 9.62. The van der Waals surface area contributed by atoms with Gasteiger partial charge in [0.05, 0.1) is 10.9 Å². The van der Waals surface area contributed by atoms with E-state index in [9.17, 15) is 18.3 Å². The molecule has 0 radical (unpaired) electrons. The average molecular weight is 348 g/mol. The number of benzene rings is 1. The fourth-order valence-corrected chi connectivity index (χ4v) is 5.17. The molecule has 1 aliphatic heterocycles. The first-order valence-corrected chi connectivity index (χ1v) is 8.72. The summed E-state index contributed by atoms with van der Waals surface area (Å²) in [6.45, 7) is 3.13. The van der Waals surface area contributed by atoms with Crippen LogP contribution in [0.3, 0.4) is 0 Å². The topological polar surface area (TPSA) is 83.5 Å². The summed E-state index contributed by atoms with van der Waals surface area (Å²) in [7, 11) is -3.85. The molecule has 1 aliphatic rings. The maximum Gasteiger partial charge on any atom is 0.321 e. The minimum atomic E-state index is -3.85. The van der Waals surface area contributed by atoms with Gasteiger partial charge in [0, 0.05) is 5.03 Å². The number of halogens is 1. The molecule has 21 heavy (non-hydrogen) atoms. The molecule has 0 fully saturated rings. The van der Waals surface area contributed by atoms with E-state index in [-0.39, 0.29) is 9.93 Å². The monoisotopic (exact) mass is 347 g/mol. The van der Waals surface area contributed by atoms with Crippen molar-refractivity contribution in [1.82, 2.24) is 4.72 Å². The number of allylic oxidation sites excluding steroid dienone is 1. The minimum Gasteiger partial charge on any atom is -0.480 e. The van der Waals surface area contributed by atoms with E-state index in [2.05, 4.69) is 4.72 Å². The van der Waals surface area contributed by atoms with Crippen molar-refractivity contribution in [2.24, 2.45) is 0 Å². The molecule has 0 aromatic heterocycles. The van der Waals surface area contributed by atoms with Crippen LogP contribution in [0.1, 0.15) is 13.8 Å². The van der Waals surface area contributed by atoms with Crippen molar-refractivity contribution in [3.63, 3.8) is 0 Å². The molecule has 2 atom stereocenters. The van der Waals surface area contributed by atoms with Gasteiger partial charge in [0.1, 0.15) is 4.75 Å². The Morgan fingerprint density at radius 3 is 2.48 bits per heavy atom. The van der Waals surface area contributed by atoms with Gasteiger partial charge in [0.2, 0.25) is 10.0 Å². The van der Waals surface area contributed by atoms with Gasteiger partial charge in [-0.2, -0.15) is 0 Å². The fraction of sp³-hybridized carbons (Fsp3) is 0.308. The number of carboxylic acids is 1. The summed E-state index contributed by atoms with van der Waals surface area (Å²) >= 11 is 7.17. The van der Waals surface area contributed by atoms with E-state index in [0.29, 0.717) is 4.91 Å². The van der Waals surface area contributed by atoms with Crippen LogP contribution in [0.15, 0.2) is 45.2 Å². The van der Waals surface area contributed by atoms with Crippen LogP contribution in [0.4, 0.5) is 0 Å². The standard InChI is InChI=1S/C13H14ClNO4S2/c1-8-10(14)11(13(2,20-8)12(16)17)15-21(18,19)9-6-4-3-5-7-9/h3-7,11,15H,1-2H3,(H,16,17). The molecule has 0 amide bonds. The Balaban J connectivity index is 2.39. The first kappa shape index (κ1) is 16.4. The van der Waals surface area contributed by atoms with E-state index in [1.54, 1.807) is 25.1 Å². The SMILES string of the molecule is CC1=C(Cl)C(NS(=O)(=O)c2ccccc2)C(C)(C(=O)O)S1. The molecule has 1 heterocycles. The second-order valence-electron chi connectivity index (χ2n) is 4.79. The van der Waals surface area contributed by atoms with Gasteiger partial charge in [-0.1, -0.05) is 29.8 Å². The molecule has 0 aliphatic carbocycles. The van der Waals surface area contributed by atoms with Crippen molar-refractivity contribution in [3.8, 4) is 0 Å². The lowest BCUT2D eigenvalue weighted by molar-refractivity contribution is -0.139. The molecule has 1 aromatic rings. The molecule has 2 N–H and O–H groups in total. The van der Waals surface area contributed by atoms with Crippen LogP contribution in [0.2, 0.25) is 0 Å². The van der Waals surface area contributed by atoms with Crippen LogP contribution in [-0.2, 0) is 14.8 Å². The van der Waals surface area contributed by atoms with Gasteiger partial charge >= 0.3 is 5.97 Å². The van der Waals surface area contributed by atoms with Gasteiger partial charge in [-0.15, -0.1) is 11.8 Å². The Kier molecular flexibility index (Phi) is 4.39. The lowest BCUT2D eigenvalue weighted by Crippen LogP contribution is -2.51. The van der Waals surface area contributed by atoms with Crippen LogP contribution < -0.4 is 4.72 Å². The molecule has 8 heteroatoms.